The van der Waals surface area contributed by atoms with Crippen molar-refractivity contribution in [1.29, 1.82) is 0 Å². The zero-order valence-electron chi connectivity index (χ0n) is 8.31. The lowest BCUT2D eigenvalue weighted by atomic mass is 9.96. The van der Waals surface area contributed by atoms with E-state index in [9.17, 15) is 9.90 Å². The number of carboxylic acid groups (broad SMARTS) is 1. The summed E-state index contributed by atoms with van der Waals surface area (Å²) >= 11 is 4.66. The number of hydrogen-bond donors (Lipinski definition) is 2. The molecule has 0 saturated carbocycles. The Morgan fingerprint density at radius 3 is 2.73 bits per heavy atom. The second-order valence-electron chi connectivity index (χ2n) is 3.31. The first-order chi connectivity index (χ1) is 7.07. The van der Waals surface area contributed by atoms with Gasteiger partial charge in [-0.2, -0.15) is 0 Å². The predicted octanol–water partition coefficient (Wildman–Crippen LogP) is 3.04. The van der Waals surface area contributed by atoms with Crippen LogP contribution in [-0.2, 0) is 4.79 Å². The smallest absolute Gasteiger partial charge is 0.309 e. The summed E-state index contributed by atoms with van der Waals surface area (Å²) in [6.07, 6.45) is 0.314. The number of aliphatic carboxylic acids is 1. The zero-order chi connectivity index (χ0) is 11.4. The van der Waals surface area contributed by atoms with Crippen molar-refractivity contribution in [2.45, 2.75) is 25.9 Å². The summed E-state index contributed by atoms with van der Waals surface area (Å²) in [6.45, 7) is 1.91. The second-order valence-corrected chi connectivity index (χ2v) is 5.11. The lowest BCUT2D eigenvalue weighted by Gasteiger charge is -2.17. The minimum atomic E-state index is -0.940. The van der Waals surface area contributed by atoms with Gasteiger partial charge in [0.05, 0.1) is 5.92 Å². The van der Waals surface area contributed by atoms with Crippen molar-refractivity contribution in [3.8, 4) is 0 Å². The molecule has 0 radical (unpaired) electrons. The number of carboxylic acids is 1. The first kappa shape index (κ1) is 12.7. The third-order valence-electron chi connectivity index (χ3n) is 2.21. The fourth-order valence-electron chi connectivity index (χ4n) is 1.43. The highest BCUT2D eigenvalue weighted by Crippen LogP contribution is 2.35. The highest BCUT2D eigenvalue weighted by Gasteiger charge is 2.28. The average Bonchev–Trinajstić information content (AvgIpc) is 2.59. The van der Waals surface area contributed by atoms with Gasteiger partial charge in [-0.05, 0) is 33.8 Å². The number of halogens is 1. The maximum absolute atomic E-state index is 11.0. The van der Waals surface area contributed by atoms with E-state index in [2.05, 4.69) is 15.9 Å². The molecule has 0 saturated heterocycles. The summed E-state index contributed by atoms with van der Waals surface area (Å²) in [5.74, 6) is -1.66. The number of rotatable bonds is 5. The van der Waals surface area contributed by atoms with Crippen molar-refractivity contribution >= 4 is 33.2 Å². The molecule has 0 fully saturated rings. The maximum Gasteiger partial charge on any atom is 0.309 e. The van der Waals surface area contributed by atoms with E-state index in [1.807, 2.05) is 18.4 Å². The number of aliphatic hydroxyl groups excluding tert-OH is 1. The van der Waals surface area contributed by atoms with Gasteiger partial charge in [0.2, 0.25) is 0 Å². The van der Waals surface area contributed by atoms with Gasteiger partial charge in [0.1, 0.15) is 6.10 Å². The van der Waals surface area contributed by atoms with E-state index in [0.717, 1.165) is 10.9 Å². The molecule has 0 spiro atoms. The van der Waals surface area contributed by atoms with Crippen LogP contribution in [0.15, 0.2) is 15.9 Å². The topological polar surface area (TPSA) is 57.5 Å². The molecule has 0 aromatic carbocycles. The van der Waals surface area contributed by atoms with Crippen molar-refractivity contribution in [1.82, 2.24) is 0 Å². The Labute approximate surface area is 101 Å². The Balaban J connectivity index is 2.85. The minimum absolute atomic E-state index is 0.487. The van der Waals surface area contributed by atoms with Crippen LogP contribution in [0.2, 0.25) is 0 Å². The van der Waals surface area contributed by atoms with Crippen LogP contribution in [0.1, 0.15) is 30.7 Å². The van der Waals surface area contributed by atoms with Crippen LogP contribution >= 0.6 is 27.3 Å². The van der Waals surface area contributed by atoms with E-state index in [4.69, 9.17) is 5.11 Å². The molecule has 1 aromatic heterocycles. The van der Waals surface area contributed by atoms with Gasteiger partial charge in [-0.1, -0.05) is 13.3 Å². The summed E-state index contributed by atoms with van der Waals surface area (Å²) in [5, 5.41) is 20.8. The van der Waals surface area contributed by atoms with Crippen molar-refractivity contribution in [3.63, 3.8) is 0 Å². The van der Waals surface area contributed by atoms with Gasteiger partial charge in [0.15, 0.2) is 0 Å². The van der Waals surface area contributed by atoms with E-state index >= 15 is 0 Å². The Kier molecular flexibility index (Phi) is 4.76. The number of aliphatic hydroxyl groups is 1. The van der Waals surface area contributed by atoms with Crippen LogP contribution in [0, 0.1) is 5.92 Å². The van der Waals surface area contributed by atoms with Crippen molar-refractivity contribution in [2.24, 2.45) is 5.92 Å². The van der Waals surface area contributed by atoms with Crippen molar-refractivity contribution < 1.29 is 15.0 Å². The molecule has 0 amide bonds. The predicted molar refractivity (Wildman–Crippen MR) is 63.0 cm³/mol. The molecule has 0 bridgehead atoms. The molecule has 2 unspecified atom stereocenters. The van der Waals surface area contributed by atoms with Crippen LogP contribution in [0.25, 0.3) is 0 Å². The van der Waals surface area contributed by atoms with E-state index in [0.29, 0.717) is 11.3 Å². The molecule has 0 aliphatic carbocycles. The highest BCUT2D eigenvalue weighted by atomic mass is 79.9. The molecule has 0 aliphatic heterocycles. The van der Waals surface area contributed by atoms with E-state index in [-0.39, 0.29) is 0 Å². The molecule has 5 heteroatoms. The molecule has 1 heterocycles. The quantitative estimate of drug-likeness (QED) is 0.877. The van der Waals surface area contributed by atoms with Crippen LogP contribution < -0.4 is 0 Å². The standard InChI is InChI=1S/C10H13BrO3S/c1-2-3-6(10(13)14)8(12)9-7(11)4-5-15-9/h4-6,8,12H,2-3H2,1H3,(H,13,14). The van der Waals surface area contributed by atoms with Crippen LogP contribution in [0.5, 0.6) is 0 Å². The van der Waals surface area contributed by atoms with Gasteiger partial charge >= 0.3 is 5.97 Å². The van der Waals surface area contributed by atoms with Gasteiger partial charge in [-0.15, -0.1) is 11.3 Å². The Bertz CT molecular complexity index is 337. The number of thiophene rings is 1. The number of carbonyl (C=O) groups is 1. The second kappa shape index (κ2) is 5.63. The van der Waals surface area contributed by atoms with Gasteiger partial charge < -0.3 is 10.2 Å². The van der Waals surface area contributed by atoms with Gasteiger partial charge in [0.25, 0.3) is 0 Å². The van der Waals surface area contributed by atoms with Gasteiger partial charge in [0, 0.05) is 9.35 Å². The monoisotopic (exact) mass is 292 g/mol. The number of hydrogen-bond acceptors (Lipinski definition) is 3. The van der Waals surface area contributed by atoms with Crippen LogP contribution in [-0.4, -0.2) is 16.2 Å². The molecule has 1 rings (SSSR count). The third-order valence-corrected chi connectivity index (χ3v) is 4.15. The summed E-state index contributed by atoms with van der Waals surface area (Å²) in [4.78, 5) is 11.7. The van der Waals surface area contributed by atoms with Crippen molar-refractivity contribution in [2.75, 3.05) is 0 Å². The van der Waals surface area contributed by atoms with E-state index in [1.54, 1.807) is 0 Å². The molecule has 84 valence electrons. The molecule has 2 N–H and O–H groups in total. The molecule has 0 aliphatic rings. The Morgan fingerprint density at radius 1 is 1.67 bits per heavy atom. The highest BCUT2D eigenvalue weighted by molar-refractivity contribution is 9.10. The normalized spacial score (nSPS) is 14.9. The maximum atomic E-state index is 11.0. The van der Waals surface area contributed by atoms with Gasteiger partial charge in [-0.3, -0.25) is 4.79 Å². The Hall–Kier alpha value is -0.390. The molecule has 15 heavy (non-hydrogen) atoms. The van der Waals surface area contributed by atoms with E-state index < -0.39 is 18.0 Å². The fourth-order valence-corrected chi connectivity index (χ4v) is 3.08. The van der Waals surface area contributed by atoms with Crippen LogP contribution in [0.3, 0.4) is 0 Å². The van der Waals surface area contributed by atoms with E-state index in [1.165, 1.54) is 11.3 Å². The lowest BCUT2D eigenvalue weighted by Crippen LogP contribution is -2.21. The average molecular weight is 293 g/mol. The summed E-state index contributed by atoms with van der Waals surface area (Å²) in [5.41, 5.74) is 0. The largest absolute Gasteiger partial charge is 0.481 e. The first-order valence-corrected chi connectivity index (χ1v) is 6.39. The lowest BCUT2D eigenvalue weighted by molar-refractivity contribution is -0.146. The zero-order valence-corrected chi connectivity index (χ0v) is 10.7. The molecule has 2 atom stereocenters. The SMILES string of the molecule is CCCC(C(=O)O)C(O)c1sccc1Br. The summed E-state index contributed by atoms with van der Waals surface area (Å²) in [6, 6.07) is 1.81. The van der Waals surface area contributed by atoms with Crippen molar-refractivity contribution in [3.05, 3.63) is 20.8 Å². The fraction of sp³-hybridized carbons (Fsp3) is 0.500. The van der Waals surface area contributed by atoms with Crippen LogP contribution in [0.4, 0.5) is 0 Å². The molecular weight excluding hydrogens is 280 g/mol. The molecular formula is C10H13BrO3S. The molecule has 3 nitrogen and oxygen atoms in total. The first-order valence-electron chi connectivity index (χ1n) is 4.71. The summed E-state index contributed by atoms with van der Waals surface area (Å²) < 4.78 is 0.780. The Morgan fingerprint density at radius 2 is 2.33 bits per heavy atom. The minimum Gasteiger partial charge on any atom is -0.481 e. The molecule has 1 aromatic rings. The van der Waals surface area contributed by atoms with Gasteiger partial charge in [-0.25, -0.2) is 0 Å². The third kappa shape index (κ3) is 3.03. The summed E-state index contributed by atoms with van der Waals surface area (Å²) in [7, 11) is 0.